The largest absolute Gasteiger partial charge is 0.342 e. The minimum Gasteiger partial charge on any atom is -0.311 e. The average molecular weight is 303 g/mol. The molecule has 0 radical (unpaired) electrons. The number of hydrogen-bond donors (Lipinski definition) is 0. The summed E-state index contributed by atoms with van der Waals surface area (Å²) in [5.74, 6) is 0. The monoisotopic (exact) mass is 303 g/mol. The molecule has 0 saturated carbocycles. The number of allylic oxidation sites excluding steroid dienone is 3. The van der Waals surface area contributed by atoms with Gasteiger partial charge in [0.15, 0.2) is 0 Å². The molecule has 1 unspecified atom stereocenters. The predicted octanol–water partition coefficient (Wildman–Crippen LogP) is 3.98. The molecule has 0 fully saturated rings. The van der Waals surface area contributed by atoms with Gasteiger partial charge in [-0.3, -0.25) is 4.57 Å². The van der Waals surface area contributed by atoms with Gasteiger partial charge in [-0.25, -0.2) is 4.98 Å². The van der Waals surface area contributed by atoms with Crippen molar-refractivity contribution in [3.05, 3.63) is 28.8 Å². The second-order valence-corrected chi connectivity index (χ2v) is 7.98. The van der Waals surface area contributed by atoms with Gasteiger partial charge >= 0.3 is 7.60 Å². The first-order valence-electron chi connectivity index (χ1n) is 5.25. The van der Waals surface area contributed by atoms with E-state index in [4.69, 9.17) is 9.05 Å². The van der Waals surface area contributed by atoms with Crippen molar-refractivity contribution in [3.8, 4) is 0 Å². The van der Waals surface area contributed by atoms with Crippen LogP contribution in [0.4, 0.5) is 0 Å². The van der Waals surface area contributed by atoms with Crippen LogP contribution in [0.5, 0.6) is 0 Å². The molecule has 1 aliphatic rings. The maximum absolute atomic E-state index is 12.6. The minimum atomic E-state index is -3.21. The SMILES string of the molecule is COP(=O)(OC)C1C=CC=Cc2sc(SC)nc21. The molecule has 1 aliphatic carbocycles. The quantitative estimate of drug-likeness (QED) is 0.622. The zero-order valence-electron chi connectivity index (χ0n) is 10.3. The van der Waals surface area contributed by atoms with E-state index in [0.717, 1.165) is 14.9 Å². The molecule has 7 heteroatoms. The summed E-state index contributed by atoms with van der Waals surface area (Å²) in [4.78, 5) is 5.52. The summed E-state index contributed by atoms with van der Waals surface area (Å²) in [6.45, 7) is 0. The Balaban J connectivity index is 2.51. The van der Waals surface area contributed by atoms with E-state index in [-0.39, 0.29) is 0 Å². The lowest BCUT2D eigenvalue weighted by Gasteiger charge is -2.20. The number of nitrogens with zero attached hydrogens (tertiary/aromatic N) is 1. The molecule has 1 aromatic heterocycles. The Morgan fingerprint density at radius 1 is 1.39 bits per heavy atom. The second-order valence-electron chi connectivity index (χ2n) is 3.53. The van der Waals surface area contributed by atoms with Crippen molar-refractivity contribution >= 4 is 36.8 Å². The molecule has 1 atom stereocenters. The molecular weight excluding hydrogens is 289 g/mol. The van der Waals surface area contributed by atoms with Gasteiger partial charge in [-0.05, 0) is 12.3 Å². The van der Waals surface area contributed by atoms with Gasteiger partial charge in [0.25, 0.3) is 0 Å². The van der Waals surface area contributed by atoms with Gasteiger partial charge in [-0.1, -0.05) is 30.0 Å². The predicted molar refractivity (Wildman–Crippen MR) is 76.4 cm³/mol. The molecule has 1 aromatic rings. The summed E-state index contributed by atoms with van der Waals surface area (Å²) < 4.78 is 23.7. The topological polar surface area (TPSA) is 48.4 Å². The molecule has 0 aromatic carbocycles. The van der Waals surface area contributed by atoms with Crippen LogP contribution in [0.2, 0.25) is 0 Å². The van der Waals surface area contributed by atoms with Gasteiger partial charge in [-0.2, -0.15) is 0 Å². The van der Waals surface area contributed by atoms with E-state index in [1.54, 1.807) is 23.1 Å². The highest BCUT2D eigenvalue weighted by molar-refractivity contribution is 8.00. The molecule has 0 bridgehead atoms. The Morgan fingerprint density at radius 2 is 2.11 bits per heavy atom. The molecule has 4 nitrogen and oxygen atoms in total. The highest BCUT2D eigenvalue weighted by Crippen LogP contribution is 2.61. The van der Waals surface area contributed by atoms with Crippen LogP contribution < -0.4 is 0 Å². The lowest BCUT2D eigenvalue weighted by Crippen LogP contribution is -2.02. The number of aromatic nitrogens is 1. The highest BCUT2D eigenvalue weighted by atomic mass is 32.2. The highest BCUT2D eigenvalue weighted by Gasteiger charge is 2.37. The fourth-order valence-corrected chi connectivity index (χ4v) is 4.75. The van der Waals surface area contributed by atoms with Crippen molar-refractivity contribution < 1.29 is 13.6 Å². The molecule has 1 heterocycles. The van der Waals surface area contributed by atoms with Crippen molar-refractivity contribution in [2.45, 2.75) is 10.00 Å². The standard InChI is InChI=1S/C11H14NO3PS2/c1-14-16(13,15-2)8-6-4-5-7-9-10(8)12-11(17-3)18-9/h4-8H,1-3H3. The molecule has 98 valence electrons. The van der Waals surface area contributed by atoms with E-state index < -0.39 is 13.3 Å². The van der Waals surface area contributed by atoms with E-state index in [1.165, 1.54) is 14.2 Å². The Hall–Kier alpha value is -0.390. The molecular formula is C11H14NO3PS2. The van der Waals surface area contributed by atoms with Crippen LogP contribution in [0.3, 0.4) is 0 Å². The van der Waals surface area contributed by atoms with E-state index in [2.05, 4.69) is 4.98 Å². The summed E-state index contributed by atoms with van der Waals surface area (Å²) in [5.41, 5.74) is 0.316. The van der Waals surface area contributed by atoms with Gasteiger partial charge in [0, 0.05) is 14.2 Å². The second kappa shape index (κ2) is 5.72. The molecule has 0 amide bonds. The van der Waals surface area contributed by atoms with E-state index in [1.807, 2.05) is 30.6 Å². The maximum Gasteiger partial charge on any atom is 0.342 e. The number of hydrogen-bond acceptors (Lipinski definition) is 6. The van der Waals surface area contributed by atoms with Crippen LogP contribution >= 0.6 is 30.7 Å². The Kier molecular flexibility index (Phi) is 4.45. The third-order valence-corrected chi connectivity index (χ3v) is 6.76. The summed E-state index contributed by atoms with van der Waals surface area (Å²) >= 11 is 3.16. The zero-order valence-corrected chi connectivity index (χ0v) is 12.8. The number of thiazole rings is 1. The van der Waals surface area contributed by atoms with Crippen molar-refractivity contribution in [1.29, 1.82) is 0 Å². The van der Waals surface area contributed by atoms with Gasteiger partial charge in [0.2, 0.25) is 0 Å². The zero-order chi connectivity index (χ0) is 13.2. The fourth-order valence-electron chi connectivity index (χ4n) is 1.70. The maximum atomic E-state index is 12.6. The van der Waals surface area contributed by atoms with Gasteiger partial charge < -0.3 is 9.05 Å². The first kappa shape index (κ1) is 14.0. The number of rotatable bonds is 4. The first-order chi connectivity index (χ1) is 8.64. The van der Waals surface area contributed by atoms with Crippen molar-refractivity contribution in [2.24, 2.45) is 0 Å². The van der Waals surface area contributed by atoms with E-state index in [0.29, 0.717) is 0 Å². The third kappa shape index (κ3) is 2.49. The number of thioether (sulfide) groups is 1. The smallest absolute Gasteiger partial charge is 0.311 e. The van der Waals surface area contributed by atoms with Crippen molar-refractivity contribution in [3.63, 3.8) is 0 Å². The average Bonchev–Trinajstić information content (AvgIpc) is 2.71. The lowest BCUT2D eigenvalue weighted by atomic mass is 10.3. The fraction of sp³-hybridized carbons (Fsp3) is 0.364. The third-order valence-electron chi connectivity index (χ3n) is 2.62. The lowest BCUT2D eigenvalue weighted by molar-refractivity contribution is 0.270. The summed E-state index contributed by atoms with van der Waals surface area (Å²) in [7, 11) is -0.404. The van der Waals surface area contributed by atoms with Gasteiger partial charge in [0.05, 0.1) is 10.6 Å². The molecule has 18 heavy (non-hydrogen) atoms. The first-order valence-corrected chi connectivity index (χ1v) is 8.90. The van der Waals surface area contributed by atoms with Crippen LogP contribution in [-0.2, 0) is 13.6 Å². The van der Waals surface area contributed by atoms with Crippen LogP contribution in [0.25, 0.3) is 6.08 Å². The molecule has 0 saturated heterocycles. The van der Waals surface area contributed by atoms with Crippen molar-refractivity contribution in [2.75, 3.05) is 20.5 Å². The van der Waals surface area contributed by atoms with Gasteiger partial charge in [-0.15, -0.1) is 11.3 Å². The van der Waals surface area contributed by atoms with E-state index in [9.17, 15) is 4.57 Å². The van der Waals surface area contributed by atoms with Crippen LogP contribution in [0.1, 0.15) is 16.2 Å². The summed E-state index contributed by atoms with van der Waals surface area (Å²) in [6, 6.07) is 0. The summed E-state index contributed by atoms with van der Waals surface area (Å²) in [5, 5.41) is 0. The Bertz CT molecular complexity index is 530. The normalized spacial score (nSPS) is 18.7. The molecule has 2 rings (SSSR count). The van der Waals surface area contributed by atoms with Gasteiger partial charge in [0.1, 0.15) is 10.00 Å². The molecule has 0 N–H and O–H groups in total. The molecule has 0 spiro atoms. The van der Waals surface area contributed by atoms with Crippen LogP contribution in [-0.4, -0.2) is 25.5 Å². The van der Waals surface area contributed by atoms with Crippen molar-refractivity contribution in [1.82, 2.24) is 4.98 Å². The number of fused-ring (bicyclic) bond motifs is 1. The van der Waals surface area contributed by atoms with Crippen LogP contribution in [0.15, 0.2) is 22.6 Å². The molecule has 0 aliphatic heterocycles. The summed E-state index contributed by atoms with van der Waals surface area (Å²) in [6.07, 6.45) is 9.52. The van der Waals surface area contributed by atoms with E-state index >= 15 is 0 Å². The van der Waals surface area contributed by atoms with Crippen LogP contribution in [0, 0.1) is 0 Å². The minimum absolute atomic E-state index is 0.449. The Morgan fingerprint density at radius 3 is 2.72 bits per heavy atom. The Labute approximate surface area is 115 Å².